The molecule has 0 fully saturated rings. The van der Waals surface area contributed by atoms with Crippen LogP contribution < -0.4 is 20.7 Å². The fourth-order valence-corrected chi connectivity index (χ4v) is 3.68. The van der Waals surface area contributed by atoms with Gasteiger partial charge in [0.1, 0.15) is 19.0 Å². The summed E-state index contributed by atoms with van der Waals surface area (Å²) in [4.78, 5) is 44.4. The number of H-pyrrole nitrogens is 1. The smallest absolute Gasteiger partial charge is 0.351 e. The summed E-state index contributed by atoms with van der Waals surface area (Å²) < 4.78 is 19.9. The molecule has 10 heteroatoms. The summed E-state index contributed by atoms with van der Waals surface area (Å²) in [7, 11) is 0. The number of carbonyl (C=O) groups is 1. The van der Waals surface area contributed by atoms with Gasteiger partial charge in [-0.05, 0) is 25.0 Å². The summed E-state index contributed by atoms with van der Waals surface area (Å²) in [5, 5.41) is 0. The van der Waals surface area contributed by atoms with Gasteiger partial charge in [-0.1, -0.05) is 32.4 Å². The van der Waals surface area contributed by atoms with Gasteiger partial charge in [0.15, 0.2) is 22.7 Å². The monoisotopic (exact) mass is 442 g/mol. The van der Waals surface area contributed by atoms with Gasteiger partial charge in [-0.3, -0.25) is 14.3 Å². The Hall–Kier alpha value is -3.56. The van der Waals surface area contributed by atoms with Gasteiger partial charge in [-0.25, -0.2) is 14.6 Å². The van der Waals surface area contributed by atoms with Gasteiger partial charge in [-0.15, -0.1) is 0 Å². The van der Waals surface area contributed by atoms with Gasteiger partial charge in [0.05, 0.1) is 0 Å². The molecule has 0 aliphatic carbocycles. The second kappa shape index (κ2) is 9.29. The molecule has 1 aliphatic heterocycles. The zero-order chi connectivity index (χ0) is 22.7. The third-order valence-corrected chi connectivity index (χ3v) is 5.26. The summed E-state index contributed by atoms with van der Waals surface area (Å²) in [5.41, 5.74) is -0.387. The number of hydrogen-bond donors (Lipinski definition) is 1. The van der Waals surface area contributed by atoms with Gasteiger partial charge < -0.3 is 18.8 Å². The van der Waals surface area contributed by atoms with E-state index in [0.717, 1.165) is 19.3 Å². The van der Waals surface area contributed by atoms with Crippen LogP contribution in [0, 0.1) is 0 Å². The molecule has 3 aromatic rings. The summed E-state index contributed by atoms with van der Waals surface area (Å²) in [6.07, 6.45) is 1.49. The van der Waals surface area contributed by atoms with Gasteiger partial charge in [-0.2, -0.15) is 0 Å². The standard InChI is InChI=1S/C22H26N4O6/c1-3-5-11-26-19-18(20(27)24-22(26)29)25(10-4-2)17(23-19)13-31-21(28)16-12-30-14-8-6-7-9-15(14)32-16/h6-9,16H,3-5,10-13H2,1-2H3,(H,24,27,29)/t16-/m0/s1. The number of ether oxygens (including phenoxy) is 3. The number of benzene rings is 1. The normalized spacial score (nSPS) is 15.1. The highest BCUT2D eigenvalue weighted by molar-refractivity contribution is 5.76. The molecule has 1 aliphatic rings. The number of unbranched alkanes of at least 4 members (excludes halogenated alkanes) is 1. The number of rotatable bonds is 8. The number of imidazole rings is 1. The average molecular weight is 442 g/mol. The van der Waals surface area contributed by atoms with E-state index in [0.29, 0.717) is 41.6 Å². The summed E-state index contributed by atoms with van der Waals surface area (Å²) in [6, 6.07) is 7.09. The molecule has 0 saturated carbocycles. The van der Waals surface area contributed by atoms with Crippen LogP contribution in [-0.2, 0) is 29.2 Å². The Morgan fingerprint density at radius 2 is 1.94 bits per heavy atom. The molecule has 0 saturated heterocycles. The summed E-state index contributed by atoms with van der Waals surface area (Å²) >= 11 is 0. The molecule has 10 nitrogen and oxygen atoms in total. The zero-order valence-corrected chi connectivity index (χ0v) is 18.1. The van der Waals surface area contributed by atoms with Gasteiger partial charge in [0.25, 0.3) is 5.56 Å². The van der Waals surface area contributed by atoms with Crippen LogP contribution in [0.2, 0.25) is 0 Å². The number of aryl methyl sites for hydroxylation is 2. The van der Waals surface area contributed by atoms with Gasteiger partial charge in [0.2, 0.25) is 6.10 Å². The van der Waals surface area contributed by atoms with E-state index in [1.807, 2.05) is 19.9 Å². The largest absolute Gasteiger partial charge is 0.485 e. The number of carbonyl (C=O) groups excluding carboxylic acids is 1. The second-order valence-corrected chi connectivity index (χ2v) is 7.59. The van der Waals surface area contributed by atoms with Crippen molar-refractivity contribution in [3.63, 3.8) is 0 Å². The molecule has 2 aromatic heterocycles. The van der Waals surface area contributed by atoms with Crippen molar-refractivity contribution in [1.82, 2.24) is 19.1 Å². The quantitative estimate of drug-likeness (QED) is 0.530. The van der Waals surface area contributed by atoms with Crippen LogP contribution in [0.5, 0.6) is 11.5 Å². The van der Waals surface area contributed by atoms with E-state index in [9.17, 15) is 14.4 Å². The number of aromatic amines is 1. The van der Waals surface area contributed by atoms with E-state index in [2.05, 4.69) is 9.97 Å². The minimum absolute atomic E-state index is 0.0391. The van der Waals surface area contributed by atoms with E-state index in [1.54, 1.807) is 22.8 Å². The minimum atomic E-state index is -0.903. The first kappa shape index (κ1) is 21.7. The molecule has 4 rings (SSSR count). The molecule has 0 bridgehead atoms. The van der Waals surface area contributed by atoms with E-state index in [4.69, 9.17) is 14.2 Å². The predicted molar refractivity (Wildman–Crippen MR) is 116 cm³/mol. The first-order valence-corrected chi connectivity index (χ1v) is 10.8. The topological polar surface area (TPSA) is 117 Å². The van der Waals surface area contributed by atoms with Crippen molar-refractivity contribution in [1.29, 1.82) is 0 Å². The molecule has 1 atom stereocenters. The third kappa shape index (κ3) is 4.12. The third-order valence-electron chi connectivity index (χ3n) is 5.26. The number of hydrogen-bond acceptors (Lipinski definition) is 7. The molecule has 170 valence electrons. The predicted octanol–water partition coefficient (Wildman–Crippen LogP) is 1.98. The fourth-order valence-electron chi connectivity index (χ4n) is 3.68. The maximum atomic E-state index is 12.6. The number of para-hydroxylation sites is 2. The SMILES string of the molecule is CCCCn1c(=O)[nH]c(=O)c2c1nc(COC(=O)[C@@H]1COc3ccccc3O1)n2CCC. The first-order valence-electron chi connectivity index (χ1n) is 10.8. The van der Waals surface area contributed by atoms with E-state index < -0.39 is 23.3 Å². The first-order chi connectivity index (χ1) is 15.5. The Morgan fingerprint density at radius 3 is 2.69 bits per heavy atom. The molecule has 0 spiro atoms. The molecule has 0 amide bonds. The maximum Gasteiger partial charge on any atom is 0.351 e. The van der Waals surface area contributed by atoms with Gasteiger partial charge in [0, 0.05) is 13.1 Å². The molecule has 3 heterocycles. The fraction of sp³-hybridized carbons (Fsp3) is 0.455. The van der Waals surface area contributed by atoms with E-state index >= 15 is 0 Å². The van der Waals surface area contributed by atoms with Crippen molar-refractivity contribution in [2.75, 3.05) is 6.61 Å². The van der Waals surface area contributed by atoms with Crippen LogP contribution in [0.15, 0.2) is 33.9 Å². The van der Waals surface area contributed by atoms with Gasteiger partial charge >= 0.3 is 11.7 Å². The average Bonchev–Trinajstić information content (AvgIpc) is 3.15. The van der Waals surface area contributed by atoms with E-state index in [-0.39, 0.29) is 13.2 Å². The molecule has 0 radical (unpaired) electrons. The highest BCUT2D eigenvalue weighted by Crippen LogP contribution is 2.31. The molecule has 1 aromatic carbocycles. The zero-order valence-electron chi connectivity index (χ0n) is 18.1. The maximum absolute atomic E-state index is 12.6. The summed E-state index contributed by atoms with van der Waals surface area (Å²) in [5.74, 6) is 0.858. The van der Waals surface area contributed by atoms with Crippen LogP contribution in [0.4, 0.5) is 0 Å². The second-order valence-electron chi connectivity index (χ2n) is 7.59. The van der Waals surface area contributed by atoms with Crippen molar-refractivity contribution in [2.45, 2.75) is 58.9 Å². The number of fused-ring (bicyclic) bond motifs is 2. The Bertz CT molecular complexity index is 1240. The highest BCUT2D eigenvalue weighted by atomic mass is 16.6. The van der Waals surface area contributed by atoms with Crippen LogP contribution in [0.25, 0.3) is 11.2 Å². The van der Waals surface area contributed by atoms with E-state index in [1.165, 1.54) is 4.57 Å². The van der Waals surface area contributed by atoms with Crippen molar-refractivity contribution in [3.8, 4) is 11.5 Å². The Kier molecular flexibility index (Phi) is 6.29. The van der Waals surface area contributed by atoms with Crippen LogP contribution in [0.3, 0.4) is 0 Å². The number of esters is 1. The minimum Gasteiger partial charge on any atom is -0.485 e. The van der Waals surface area contributed by atoms with Crippen LogP contribution in [0.1, 0.15) is 38.9 Å². The van der Waals surface area contributed by atoms with Crippen molar-refractivity contribution in [3.05, 3.63) is 50.9 Å². The highest BCUT2D eigenvalue weighted by Gasteiger charge is 2.29. The Morgan fingerprint density at radius 1 is 1.16 bits per heavy atom. The lowest BCUT2D eigenvalue weighted by molar-refractivity contribution is -0.156. The van der Waals surface area contributed by atoms with Crippen LogP contribution >= 0.6 is 0 Å². The lowest BCUT2D eigenvalue weighted by Crippen LogP contribution is -2.37. The number of nitrogens with one attached hydrogen (secondary N) is 1. The Balaban J connectivity index is 1.59. The molecule has 32 heavy (non-hydrogen) atoms. The molecule has 0 unspecified atom stereocenters. The Labute approximate surface area is 183 Å². The van der Waals surface area contributed by atoms with Crippen molar-refractivity contribution in [2.24, 2.45) is 0 Å². The molecular weight excluding hydrogens is 416 g/mol. The lowest BCUT2D eigenvalue weighted by Gasteiger charge is -2.24. The molecule has 1 N–H and O–H groups in total. The van der Waals surface area contributed by atoms with Crippen molar-refractivity contribution < 1.29 is 19.0 Å². The molecular formula is C22H26N4O6. The lowest BCUT2D eigenvalue weighted by atomic mass is 10.2. The number of nitrogens with zero attached hydrogens (tertiary/aromatic N) is 3. The summed E-state index contributed by atoms with van der Waals surface area (Å²) in [6.45, 7) is 4.80. The van der Waals surface area contributed by atoms with Crippen molar-refractivity contribution >= 4 is 17.1 Å². The number of aromatic nitrogens is 4. The van der Waals surface area contributed by atoms with Crippen LogP contribution in [-0.4, -0.2) is 37.8 Å².